The fourth-order valence-electron chi connectivity index (χ4n) is 1.92. The summed E-state index contributed by atoms with van der Waals surface area (Å²) in [4.78, 5) is 24.8. The van der Waals surface area contributed by atoms with Gasteiger partial charge in [-0.05, 0) is 44.5 Å². The van der Waals surface area contributed by atoms with Crippen LogP contribution < -0.4 is 5.32 Å². The van der Waals surface area contributed by atoms with Crippen molar-refractivity contribution in [3.8, 4) is 0 Å². The molecule has 1 amide bonds. The van der Waals surface area contributed by atoms with E-state index in [4.69, 9.17) is 9.15 Å². The van der Waals surface area contributed by atoms with E-state index in [1.165, 1.54) is 24.5 Å². The van der Waals surface area contributed by atoms with Crippen LogP contribution in [0.3, 0.4) is 0 Å². The van der Waals surface area contributed by atoms with Gasteiger partial charge in [0.1, 0.15) is 16.5 Å². The summed E-state index contributed by atoms with van der Waals surface area (Å²) in [7, 11) is 1.32. The normalized spacial score (nSPS) is 10.9. The lowest BCUT2D eigenvalue weighted by Gasteiger charge is -2.03. The van der Waals surface area contributed by atoms with E-state index in [2.05, 4.69) is 5.32 Å². The third-order valence-electron chi connectivity index (χ3n) is 3.17. The van der Waals surface area contributed by atoms with Gasteiger partial charge in [-0.1, -0.05) is 0 Å². The lowest BCUT2D eigenvalue weighted by molar-refractivity contribution is -0.111. The lowest BCUT2D eigenvalue weighted by atomic mass is 10.1. The second-order valence-electron chi connectivity index (χ2n) is 4.75. The van der Waals surface area contributed by atoms with E-state index in [1.54, 1.807) is 12.1 Å². The minimum Gasteiger partial charge on any atom is -0.465 e. The Kier molecular flexibility index (Phi) is 4.82. The number of rotatable bonds is 4. The maximum atomic E-state index is 12.0. The van der Waals surface area contributed by atoms with Crippen LogP contribution in [0.25, 0.3) is 6.08 Å². The monoisotopic (exact) mass is 319 g/mol. The van der Waals surface area contributed by atoms with Crippen molar-refractivity contribution in [2.45, 2.75) is 20.8 Å². The maximum Gasteiger partial charge on any atom is 0.341 e. The van der Waals surface area contributed by atoms with Gasteiger partial charge in [-0.25, -0.2) is 4.79 Å². The van der Waals surface area contributed by atoms with Gasteiger partial charge in [-0.15, -0.1) is 11.3 Å². The van der Waals surface area contributed by atoms with Gasteiger partial charge in [0.05, 0.1) is 12.7 Å². The smallest absolute Gasteiger partial charge is 0.341 e. The first-order valence-corrected chi connectivity index (χ1v) is 7.47. The highest BCUT2D eigenvalue weighted by atomic mass is 32.1. The van der Waals surface area contributed by atoms with Gasteiger partial charge in [-0.2, -0.15) is 0 Å². The van der Waals surface area contributed by atoms with Crippen molar-refractivity contribution in [3.63, 3.8) is 0 Å². The summed E-state index contributed by atoms with van der Waals surface area (Å²) in [6.45, 7) is 5.55. The Morgan fingerprint density at radius 3 is 2.59 bits per heavy atom. The van der Waals surface area contributed by atoms with E-state index in [1.807, 2.05) is 26.8 Å². The molecule has 5 nitrogen and oxygen atoms in total. The fourth-order valence-corrected chi connectivity index (χ4v) is 2.97. The number of furan rings is 1. The van der Waals surface area contributed by atoms with Crippen LogP contribution in [0.4, 0.5) is 5.00 Å². The summed E-state index contributed by atoms with van der Waals surface area (Å²) in [5, 5.41) is 3.21. The second-order valence-corrected chi connectivity index (χ2v) is 5.97. The highest BCUT2D eigenvalue weighted by Gasteiger charge is 2.20. The van der Waals surface area contributed by atoms with Gasteiger partial charge < -0.3 is 14.5 Å². The summed E-state index contributed by atoms with van der Waals surface area (Å²) in [6.07, 6.45) is 2.94. The molecule has 0 aliphatic carbocycles. The van der Waals surface area contributed by atoms with Crippen molar-refractivity contribution in [1.82, 2.24) is 0 Å². The van der Waals surface area contributed by atoms with E-state index in [0.29, 0.717) is 16.3 Å². The van der Waals surface area contributed by atoms with Crippen molar-refractivity contribution in [2.75, 3.05) is 12.4 Å². The Bertz CT molecular complexity index is 739. The summed E-state index contributed by atoms with van der Waals surface area (Å²) < 4.78 is 10.1. The molecule has 0 bridgehead atoms. The van der Waals surface area contributed by atoms with Crippen LogP contribution in [-0.4, -0.2) is 19.0 Å². The Balaban J connectivity index is 2.16. The number of carbonyl (C=O) groups excluding carboxylic acids is 2. The summed E-state index contributed by atoms with van der Waals surface area (Å²) in [5.74, 6) is 0.583. The molecule has 2 heterocycles. The van der Waals surface area contributed by atoms with Crippen molar-refractivity contribution in [2.24, 2.45) is 0 Å². The Labute approximate surface area is 132 Å². The van der Waals surface area contributed by atoms with Crippen LogP contribution in [0.1, 0.15) is 32.3 Å². The predicted octanol–water partition coefficient (Wildman–Crippen LogP) is 3.70. The zero-order valence-corrected chi connectivity index (χ0v) is 13.7. The van der Waals surface area contributed by atoms with Crippen molar-refractivity contribution in [3.05, 3.63) is 45.7 Å². The van der Waals surface area contributed by atoms with Gasteiger partial charge in [0.25, 0.3) is 0 Å². The van der Waals surface area contributed by atoms with Gasteiger partial charge in [0, 0.05) is 11.0 Å². The number of carbonyl (C=O) groups is 2. The van der Waals surface area contributed by atoms with Crippen LogP contribution in [0.2, 0.25) is 0 Å². The SMILES string of the molecule is COC(=O)c1c(NC(=O)C=Cc2ccc(C)o2)sc(C)c1C. The molecule has 0 saturated heterocycles. The van der Waals surface area contributed by atoms with Gasteiger partial charge >= 0.3 is 5.97 Å². The molecule has 0 saturated carbocycles. The molecule has 0 aliphatic rings. The molecule has 0 atom stereocenters. The lowest BCUT2D eigenvalue weighted by Crippen LogP contribution is -2.11. The van der Waals surface area contributed by atoms with Crippen LogP contribution in [0.15, 0.2) is 22.6 Å². The third-order valence-corrected chi connectivity index (χ3v) is 4.29. The van der Waals surface area contributed by atoms with E-state index < -0.39 is 5.97 Å². The Hall–Kier alpha value is -2.34. The Morgan fingerprint density at radius 2 is 2.00 bits per heavy atom. The number of anilines is 1. The van der Waals surface area contributed by atoms with Crippen LogP contribution >= 0.6 is 11.3 Å². The number of aryl methyl sites for hydroxylation is 2. The van der Waals surface area contributed by atoms with Gasteiger partial charge in [0.15, 0.2) is 0 Å². The highest BCUT2D eigenvalue weighted by molar-refractivity contribution is 7.16. The number of nitrogens with one attached hydrogen (secondary N) is 1. The number of hydrogen-bond donors (Lipinski definition) is 1. The van der Waals surface area contributed by atoms with E-state index >= 15 is 0 Å². The molecule has 22 heavy (non-hydrogen) atoms. The largest absolute Gasteiger partial charge is 0.465 e. The number of amides is 1. The molecule has 2 aromatic rings. The summed E-state index contributed by atoms with van der Waals surface area (Å²) in [5.41, 5.74) is 1.22. The van der Waals surface area contributed by atoms with E-state index in [-0.39, 0.29) is 5.91 Å². The predicted molar refractivity (Wildman–Crippen MR) is 86.2 cm³/mol. The quantitative estimate of drug-likeness (QED) is 0.689. The van der Waals surface area contributed by atoms with Crippen LogP contribution in [0, 0.1) is 20.8 Å². The molecular weight excluding hydrogens is 302 g/mol. The molecule has 0 aliphatic heterocycles. The summed E-state index contributed by atoms with van der Waals surface area (Å²) in [6, 6.07) is 3.59. The van der Waals surface area contributed by atoms with E-state index in [0.717, 1.165) is 16.2 Å². The topological polar surface area (TPSA) is 68.5 Å². The number of methoxy groups -OCH3 is 1. The molecule has 0 radical (unpaired) electrons. The van der Waals surface area contributed by atoms with Gasteiger partial charge in [0.2, 0.25) is 5.91 Å². The minimum absolute atomic E-state index is 0.333. The van der Waals surface area contributed by atoms with Gasteiger partial charge in [-0.3, -0.25) is 4.79 Å². The minimum atomic E-state index is -0.456. The summed E-state index contributed by atoms with van der Waals surface area (Å²) >= 11 is 1.35. The number of hydrogen-bond acceptors (Lipinski definition) is 5. The van der Waals surface area contributed by atoms with Crippen LogP contribution in [0.5, 0.6) is 0 Å². The molecule has 0 spiro atoms. The number of esters is 1. The van der Waals surface area contributed by atoms with Crippen molar-refractivity contribution >= 4 is 34.3 Å². The molecule has 2 aromatic heterocycles. The first-order valence-electron chi connectivity index (χ1n) is 6.66. The van der Waals surface area contributed by atoms with E-state index in [9.17, 15) is 9.59 Å². The third kappa shape index (κ3) is 3.46. The molecule has 2 rings (SSSR count). The second kappa shape index (κ2) is 6.62. The molecule has 0 unspecified atom stereocenters. The molecule has 0 aromatic carbocycles. The maximum absolute atomic E-state index is 12.0. The molecular formula is C16H17NO4S. The number of thiophene rings is 1. The molecule has 1 N–H and O–H groups in total. The molecule has 0 fully saturated rings. The zero-order valence-electron chi connectivity index (χ0n) is 12.9. The fraction of sp³-hybridized carbons (Fsp3) is 0.250. The highest BCUT2D eigenvalue weighted by Crippen LogP contribution is 2.32. The van der Waals surface area contributed by atoms with Crippen molar-refractivity contribution < 1.29 is 18.7 Å². The number of ether oxygens (including phenoxy) is 1. The molecule has 116 valence electrons. The average Bonchev–Trinajstić information content (AvgIpc) is 3.01. The average molecular weight is 319 g/mol. The Morgan fingerprint density at radius 1 is 1.27 bits per heavy atom. The molecule has 6 heteroatoms. The standard InChI is InChI=1S/C16H17NO4S/c1-9-5-6-12(21-9)7-8-13(18)17-15-14(16(19)20-4)10(2)11(3)22-15/h5-8H,1-4H3,(H,17,18). The first-order chi connectivity index (χ1) is 10.4. The zero-order chi connectivity index (χ0) is 16.3. The first kappa shape index (κ1) is 16.0. The van der Waals surface area contributed by atoms with Crippen LogP contribution in [-0.2, 0) is 9.53 Å². The van der Waals surface area contributed by atoms with Crippen molar-refractivity contribution in [1.29, 1.82) is 0 Å².